The maximum absolute atomic E-state index is 14.5. The first-order valence-corrected chi connectivity index (χ1v) is 13.9. The summed E-state index contributed by atoms with van der Waals surface area (Å²) in [5.74, 6) is 0. The summed E-state index contributed by atoms with van der Waals surface area (Å²) < 4.78 is 30.5. The SMILES string of the molecule is CN(C)c1ccccc1S(=O)(=O)N1Cc2cc(C#N)ccc2N(Cc2cnc[nH]2)CC1Cc1ccccc1. The van der Waals surface area contributed by atoms with Gasteiger partial charge in [-0.15, -0.1) is 0 Å². The fraction of sp³-hybridized carbons (Fsp3) is 0.241. The molecule has 0 fully saturated rings. The predicted molar refractivity (Wildman–Crippen MR) is 148 cm³/mol. The van der Waals surface area contributed by atoms with Gasteiger partial charge in [-0.1, -0.05) is 42.5 Å². The highest BCUT2D eigenvalue weighted by Crippen LogP contribution is 2.35. The van der Waals surface area contributed by atoms with Crippen molar-refractivity contribution in [3.8, 4) is 6.07 Å². The summed E-state index contributed by atoms with van der Waals surface area (Å²) in [6.45, 7) is 1.16. The lowest BCUT2D eigenvalue weighted by Crippen LogP contribution is -2.46. The molecule has 1 aliphatic rings. The first-order chi connectivity index (χ1) is 18.4. The highest BCUT2D eigenvalue weighted by molar-refractivity contribution is 7.89. The Morgan fingerprint density at radius 3 is 2.55 bits per heavy atom. The van der Waals surface area contributed by atoms with E-state index in [-0.39, 0.29) is 17.5 Å². The number of nitrogens with zero attached hydrogens (tertiary/aromatic N) is 5. The molecule has 0 saturated heterocycles. The number of benzene rings is 3. The Bertz CT molecular complexity index is 1550. The van der Waals surface area contributed by atoms with Gasteiger partial charge >= 0.3 is 0 Å². The molecule has 0 radical (unpaired) electrons. The summed E-state index contributed by atoms with van der Waals surface area (Å²) in [5, 5.41) is 9.62. The van der Waals surface area contributed by atoms with Crippen molar-refractivity contribution >= 4 is 21.4 Å². The van der Waals surface area contributed by atoms with Crippen LogP contribution in [-0.2, 0) is 29.5 Å². The second kappa shape index (κ2) is 10.7. The molecule has 1 N–H and O–H groups in total. The summed E-state index contributed by atoms with van der Waals surface area (Å²) >= 11 is 0. The van der Waals surface area contributed by atoms with Gasteiger partial charge in [-0.3, -0.25) is 0 Å². The Morgan fingerprint density at radius 1 is 1.08 bits per heavy atom. The zero-order chi connectivity index (χ0) is 26.7. The molecule has 0 amide bonds. The van der Waals surface area contributed by atoms with Gasteiger partial charge in [-0.25, -0.2) is 13.4 Å². The Morgan fingerprint density at radius 2 is 1.84 bits per heavy atom. The van der Waals surface area contributed by atoms with Gasteiger partial charge < -0.3 is 14.8 Å². The Hall–Kier alpha value is -4.13. The number of imidazole rings is 1. The molecule has 4 aromatic rings. The molecule has 0 aliphatic carbocycles. The monoisotopic (exact) mass is 526 g/mol. The largest absolute Gasteiger partial charge is 0.377 e. The minimum Gasteiger partial charge on any atom is -0.377 e. The summed E-state index contributed by atoms with van der Waals surface area (Å²) in [7, 11) is -0.224. The lowest BCUT2D eigenvalue weighted by Gasteiger charge is -2.33. The molecule has 8 nitrogen and oxygen atoms in total. The number of para-hydroxylation sites is 1. The highest BCUT2D eigenvalue weighted by atomic mass is 32.2. The number of hydrogen-bond acceptors (Lipinski definition) is 6. The first-order valence-electron chi connectivity index (χ1n) is 12.4. The van der Waals surface area contributed by atoms with Crippen LogP contribution < -0.4 is 9.80 Å². The minimum absolute atomic E-state index is 0.159. The average molecular weight is 527 g/mol. The van der Waals surface area contributed by atoms with Gasteiger partial charge in [0.25, 0.3) is 0 Å². The number of nitriles is 1. The van der Waals surface area contributed by atoms with E-state index in [2.05, 4.69) is 20.9 Å². The van der Waals surface area contributed by atoms with Crippen LogP contribution >= 0.6 is 0 Å². The number of fused-ring (bicyclic) bond motifs is 1. The van der Waals surface area contributed by atoms with Crippen molar-refractivity contribution in [2.45, 2.75) is 30.4 Å². The standard InChI is InChI=1S/C29H30N6O2S/c1-33(2)28-10-6-7-11-29(28)38(36,37)35-18-24-14-23(16-30)12-13-27(24)34(19-25-17-31-21-32-25)20-26(35)15-22-8-4-3-5-9-22/h3-14,17,21,26H,15,18-20H2,1-2H3,(H,31,32). The van der Waals surface area contributed by atoms with Gasteiger partial charge in [-0.05, 0) is 47.9 Å². The highest BCUT2D eigenvalue weighted by Gasteiger charge is 2.38. The minimum atomic E-state index is -3.92. The molecule has 2 heterocycles. The normalized spacial score (nSPS) is 15.9. The number of anilines is 2. The zero-order valence-electron chi connectivity index (χ0n) is 21.4. The van der Waals surface area contributed by atoms with Gasteiger partial charge in [0.05, 0.1) is 35.9 Å². The Labute approximate surface area is 223 Å². The van der Waals surface area contributed by atoms with E-state index in [1.807, 2.05) is 67.5 Å². The van der Waals surface area contributed by atoms with E-state index in [1.54, 1.807) is 41.1 Å². The lowest BCUT2D eigenvalue weighted by molar-refractivity contribution is 0.318. The lowest BCUT2D eigenvalue weighted by atomic mass is 10.1. The molecule has 1 aliphatic heterocycles. The molecule has 0 bridgehead atoms. The molecule has 1 unspecified atom stereocenters. The number of rotatable bonds is 7. The number of H-pyrrole nitrogens is 1. The smallest absolute Gasteiger partial charge is 0.245 e. The van der Waals surface area contributed by atoms with Gasteiger partial charge in [0, 0.05) is 45.1 Å². The molecule has 1 aromatic heterocycles. The Balaban J connectivity index is 1.65. The van der Waals surface area contributed by atoms with Crippen molar-refractivity contribution < 1.29 is 8.42 Å². The molecular weight excluding hydrogens is 496 g/mol. The fourth-order valence-corrected chi connectivity index (χ4v) is 6.92. The topological polar surface area (TPSA) is 96.3 Å². The van der Waals surface area contributed by atoms with Crippen LogP contribution in [0.5, 0.6) is 0 Å². The summed E-state index contributed by atoms with van der Waals surface area (Å²) in [6, 6.07) is 24.4. The van der Waals surface area contributed by atoms with Crippen LogP contribution in [-0.4, -0.2) is 49.4 Å². The molecule has 5 rings (SSSR count). The number of nitrogens with one attached hydrogen (secondary N) is 1. The van der Waals surface area contributed by atoms with Crippen molar-refractivity contribution in [2.75, 3.05) is 30.4 Å². The summed E-state index contributed by atoms with van der Waals surface area (Å²) in [4.78, 5) is 11.6. The molecule has 0 spiro atoms. The van der Waals surface area contributed by atoms with E-state index in [0.29, 0.717) is 30.8 Å². The van der Waals surface area contributed by atoms with Crippen LogP contribution in [0.3, 0.4) is 0 Å². The third-order valence-electron chi connectivity index (χ3n) is 6.88. The van der Waals surface area contributed by atoms with E-state index < -0.39 is 10.0 Å². The van der Waals surface area contributed by atoms with Crippen LogP contribution in [0.25, 0.3) is 0 Å². The molecular formula is C29H30N6O2S. The zero-order valence-corrected chi connectivity index (χ0v) is 22.3. The van der Waals surface area contributed by atoms with E-state index in [4.69, 9.17) is 0 Å². The van der Waals surface area contributed by atoms with Crippen LogP contribution in [0.4, 0.5) is 11.4 Å². The van der Waals surface area contributed by atoms with E-state index in [1.165, 1.54) is 0 Å². The summed E-state index contributed by atoms with van der Waals surface area (Å²) in [5.41, 5.74) is 4.82. The van der Waals surface area contributed by atoms with Gasteiger partial charge in [-0.2, -0.15) is 9.57 Å². The molecule has 194 valence electrons. The van der Waals surface area contributed by atoms with Crippen molar-refractivity contribution in [2.24, 2.45) is 0 Å². The van der Waals surface area contributed by atoms with Gasteiger partial charge in [0.2, 0.25) is 10.0 Å². The van der Waals surface area contributed by atoms with Crippen LogP contribution in [0.2, 0.25) is 0 Å². The van der Waals surface area contributed by atoms with Crippen molar-refractivity contribution in [3.05, 3.63) is 108 Å². The number of aromatic amines is 1. The third-order valence-corrected chi connectivity index (χ3v) is 8.82. The summed E-state index contributed by atoms with van der Waals surface area (Å²) in [6.07, 6.45) is 3.97. The van der Waals surface area contributed by atoms with Gasteiger partial charge in [0.1, 0.15) is 4.90 Å². The molecule has 38 heavy (non-hydrogen) atoms. The van der Waals surface area contributed by atoms with Gasteiger partial charge in [0.15, 0.2) is 0 Å². The fourth-order valence-electron chi connectivity index (χ4n) is 5.06. The first kappa shape index (κ1) is 25.5. The van der Waals surface area contributed by atoms with Crippen LogP contribution in [0, 0.1) is 11.3 Å². The van der Waals surface area contributed by atoms with Crippen LogP contribution in [0.15, 0.2) is 90.2 Å². The maximum atomic E-state index is 14.5. The number of aromatic nitrogens is 2. The van der Waals surface area contributed by atoms with Crippen molar-refractivity contribution in [1.82, 2.24) is 14.3 Å². The van der Waals surface area contributed by atoms with E-state index >= 15 is 0 Å². The quantitative estimate of drug-likeness (QED) is 0.388. The van der Waals surface area contributed by atoms with Crippen LogP contribution in [0.1, 0.15) is 22.4 Å². The molecule has 9 heteroatoms. The van der Waals surface area contributed by atoms with E-state index in [0.717, 1.165) is 22.5 Å². The second-order valence-electron chi connectivity index (χ2n) is 9.67. The van der Waals surface area contributed by atoms with Crippen molar-refractivity contribution in [1.29, 1.82) is 5.26 Å². The van der Waals surface area contributed by atoms with E-state index in [9.17, 15) is 13.7 Å². The predicted octanol–water partition coefficient (Wildman–Crippen LogP) is 4.17. The third kappa shape index (κ3) is 5.14. The molecule has 1 atom stereocenters. The second-order valence-corrected chi connectivity index (χ2v) is 11.5. The molecule has 0 saturated carbocycles. The van der Waals surface area contributed by atoms with Crippen molar-refractivity contribution in [3.63, 3.8) is 0 Å². The molecule has 3 aromatic carbocycles. The maximum Gasteiger partial charge on any atom is 0.245 e. The number of hydrogen-bond donors (Lipinski definition) is 1. The number of sulfonamides is 1. The Kier molecular flexibility index (Phi) is 7.18. The average Bonchev–Trinajstić information content (AvgIpc) is 3.39.